The van der Waals surface area contributed by atoms with E-state index in [4.69, 9.17) is 0 Å². The van der Waals surface area contributed by atoms with Gasteiger partial charge < -0.3 is 0 Å². The van der Waals surface area contributed by atoms with E-state index in [-0.39, 0.29) is 0 Å². The molecule has 6 heteroatoms. The van der Waals surface area contributed by atoms with Crippen molar-refractivity contribution in [1.82, 2.24) is 0 Å². The topological polar surface area (TPSA) is 60.2 Å². The number of nitrogens with zero attached hydrogens (tertiary/aromatic N) is 1. The molecule has 0 saturated carbocycles. The molecular formula is AuNO3S. The molecule has 0 bridgehead atoms. The molecule has 0 aliphatic heterocycles. The van der Waals surface area contributed by atoms with Crippen LogP contribution in [0.2, 0.25) is 0 Å². The predicted octanol–water partition coefficient (Wildman–Crippen LogP) is -0.611. The molecule has 0 aromatic carbocycles. The van der Waals surface area contributed by atoms with Gasteiger partial charge in [-0.05, 0) is 0 Å². The van der Waals surface area contributed by atoms with Crippen LogP contribution in [0.4, 0.5) is 0 Å². The molecule has 0 spiro atoms. The Morgan fingerprint density at radius 1 is 1.83 bits per heavy atom. The van der Waals surface area contributed by atoms with Gasteiger partial charge in [-0.2, -0.15) is 0 Å². The normalized spacial score (nSPS) is 13.7. The fraction of sp³-hybridized carbons (Fsp3) is 0. The molecule has 0 heterocycles. The first kappa shape index (κ1) is 6.29. The zero-order valence-corrected chi connectivity index (χ0v) is 5.36. The summed E-state index contributed by atoms with van der Waals surface area (Å²) in [4.78, 5) is 9.19. The molecule has 0 aliphatic carbocycles. The maximum atomic E-state index is 9.53. The molecule has 4 nitrogen and oxygen atoms in total. The van der Waals surface area contributed by atoms with Gasteiger partial charge in [-0.1, -0.05) is 0 Å². The van der Waals surface area contributed by atoms with E-state index in [0.29, 0.717) is 0 Å². The Hall–Kier alpha value is 0.290. The van der Waals surface area contributed by atoms with Gasteiger partial charge in [0.25, 0.3) is 0 Å². The van der Waals surface area contributed by atoms with Crippen LogP contribution in [-0.2, 0) is 28.2 Å². The third kappa shape index (κ3) is 2.52. The van der Waals surface area contributed by atoms with E-state index < -0.39 is 12.8 Å². The van der Waals surface area contributed by atoms with Crippen LogP contribution >= 0.6 is 0 Å². The second kappa shape index (κ2) is 2.46. The number of hydrogen-bond donors (Lipinski definition) is 0. The van der Waals surface area contributed by atoms with Gasteiger partial charge in [-0.25, -0.2) is 0 Å². The average molecular weight is 291 g/mol. The van der Waals surface area contributed by atoms with Gasteiger partial charge in [0, 0.05) is 0 Å². The van der Waals surface area contributed by atoms with Gasteiger partial charge >= 0.3 is 46.8 Å². The van der Waals surface area contributed by atoms with E-state index in [0.717, 1.165) is 0 Å². The second-order valence-corrected chi connectivity index (χ2v) is 3.33. The molecule has 6 heavy (non-hydrogen) atoms. The molecule has 0 radical (unpaired) electrons. The molecule has 1 unspecified atom stereocenters. The second-order valence-electron chi connectivity index (χ2n) is 0.403. The molecule has 1 atom stereocenters. The van der Waals surface area contributed by atoms with Gasteiger partial charge in [0.15, 0.2) is 0 Å². The van der Waals surface area contributed by atoms with E-state index in [1.165, 1.54) is 19.7 Å². The number of rotatable bonds is 1. The third-order valence-corrected chi connectivity index (χ3v) is 1.29. The number of nitro groups is 1. The van der Waals surface area contributed by atoms with Crippen molar-refractivity contribution in [3.63, 3.8) is 0 Å². The van der Waals surface area contributed by atoms with Gasteiger partial charge in [0.05, 0.1) is 0 Å². The van der Waals surface area contributed by atoms with Crippen molar-refractivity contribution in [1.29, 1.82) is 0 Å². The Balaban J connectivity index is 3.57. The van der Waals surface area contributed by atoms with E-state index in [2.05, 4.69) is 0 Å². The summed E-state index contributed by atoms with van der Waals surface area (Å²) in [5.41, 5.74) is 0. The predicted molar refractivity (Wildman–Crippen MR) is 15.1 cm³/mol. The van der Waals surface area contributed by atoms with Gasteiger partial charge in [0.2, 0.25) is 0 Å². The molecule has 0 fully saturated rings. The Kier molecular flexibility index (Phi) is 2.58. The Morgan fingerprint density at radius 2 is 2.00 bits per heavy atom. The van der Waals surface area contributed by atoms with E-state index in [9.17, 15) is 14.3 Å². The van der Waals surface area contributed by atoms with Crippen LogP contribution in [-0.4, -0.2) is 8.54 Å². The van der Waals surface area contributed by atoms with Crippen molar-refractivity contribution in [2.75, 3.05) is 0 Å². The first-order valence-corrected chi connectivity index (χ1v) is 4.44. The maximum absolute atomic E-state index is 9.53. The van der Waals surface area contributed by atoms with Crippen LogP contribution in [0.5, 0.6) is 0 Å². The molecule has 0 aliphatic rings. The Bertz CT molecular complexity index is 76.8. The monoisotopic (exact) mass is 291 g/mol. The van der Waals surface area contributed by atoms with Crippen LogP contribution in [0.3, 0.4) is 0 Å². The molecule has 0 aromatic rings. The summed E-state index contributed by atoms with van der Waals surface area (Å²) in [6.07, 6.45) is 0. The fourth-order valence-electron chi connectivity index (χ4n) is 0. The quantitative estimate of drug-likeness (QED) is 0.368. The van der Waals surface area contributed by atoms with Crippen molar-refractivity contribution in [2.24, 2.45) is 0 Å². The van der Waals surface area contributed by atoms with Crippen molar-refractivity contribution < 1.29 is 28.3 Å². The molecule has 0 saturated heterocycles. The third-order valence-electron chi connectivity index (χ3n) is 0.106. The standard InChI is InChI=1S/Au.NO3S/c;2-1(3)5-4/q-1;+1. The van der Waals surface area contributed by atoms with Crippen LogP contribution < -0.4 is 0 Å². The van der Waals surface area contributed by atoms with Crippen molar-refractivity contribution in [2.45, 2.75) is 0 Å². The summed E-state index contributed by atoms with van der Waals surface area (Å²) in [6.45, 7) is 0. The summed E-state index contributed by atoms with van der Waals surface area (Å²) in [5, 5.41) is 9.19. The molecule has 0 amide bonds. The van der Waals surface area contributed by atoms with Crippen molar-refractivity contribution >= 4 is 8.45 Å². The molecule has 0 aromatic heterocycles. The summed E-state index contributed by atoms with van der Waals surface area (Å²) >= 11 is 1.37. The van der Waals surface area contributed by atoms with Crippen LogP contribution in [0.25, 0.3) is 0 Å². The fourth-order valence-corrected chi connectivity index (χ4v) is 0. The van der Waals surface area contributed by atoms with Crippen LogP contribution in [0, 0.1) is 10.1 Å². The summed E-state index contributed by atoms with van der Waals surface area (Å²) in [7, 11) is -1.95. The van der Waals surface area contributed by atoms with Crippen LogP contribution in [0.15, 0.2) is 0 Å². The van der Waals surface area contributed by atoms with E-state index >= 15 is 0 Å². The minimum atomic E-state index is -1.95. The van der Waals surface area contributed by atoms with E-state index in [1.807, 2.05) is 0 Å². The average Bonchev–Trinajstić information content (AvgIpc) is 1.36. The first-order chi connectivity index (χ1) is 2.64. The Labute approximate surface area is 47.2 Å². The Morgan fingerprint density at radius 3 is 2.00 bits per heavy atom. The summed E-state index contributed by atoms with van der Waals surface area (Å²) in [6, 6.07) is 0. The minimum absolute atomic E-state index is 0.886. The summed E-state index contributed by atoms with van der Waals surface area (Å²) in [5.74, 6) is 0. The zero-order valence-electron chi connectivity index (χ0n) is 2.38. The van der Waals surface area contributed by atoms with Crippen molar-refractivity contribution in [3.05, 3.63) is 10.1 Å². The zero-order chi connectivity index (χ0) is 5.15. The van der Waals surface area contributed by atoms with Gasteiger partial charge in [0.1, 0.15) is 0 Å². The van der Waals surface area contributed by atoms with Crippen LogP contribution in [0.1, 0.15) is 0 Å². The first-order valence-electron chi connectivity index (χ1n) is 0.837. The molecule has 0 N–H and O–H groups in total. The number of hydrogen-bond acceptors (Lipinski definition) is 3. The SMILES string of the molecule is O=[N+]([O-])[S](=O)[Au]. The van der Waals surface area contributed by atoms with Gasteiger partial charge in [-0.3, -0.25) is 0 Å². The van der Waals surface area contributed by atoms with Gasteiger partial charge in [-0.15, -0.1) is 0 Å². The van der Waals surface area contributed by atoms with Crippen molar-refractivity contribution in [3.8, 4) is 0 Å². The summed E-state index contributed by atoms with van der Waals surface area (Å²) < 4.78 is 8.65. The van der Waals surface area contributed by atoms with E-state index in [1.54, 1.807) is 0 Å². The molecule has 40 valence electrons. The molecular weight excluding hydrogens is 291 g/mol. The molecule has 0 rings (SSSR count).